The predicted octanol–water partition coefficient (Wildman–Crippen LogP) is 4.59. The van der Waals surface area contributed by atoms with Crippen molar-refractivity contribution in [3.63, 3.8) is 0 Å². The average molecular weight is 570 g/mol. The zero-order chi connectivity index (χ0) is 30.5. The van der Waals surface area contributed by atoms with Crippen molar-refractivity contribution < 1.29 is 27.8 Å². The zero-order valence-electron chi connectivity index (χ0n) is 24.2. The fourth-order valence-electron chi connectivity index (χ4n) is 3.95. The molecule has 1 atom stereocenters. The Morgan fingerprint density at radius 2 is 1.56 bits per heavy atom. The van der Waals surface area contributed by atoms with E-state index in [9.17, 15) is 23.2 Å². The topological polar surface area (TPSA) is 113 Å². The molecular weight excluding hydrogens is 532 g/mol. The number of hydrogen-bond donors (Lipinski definition) is 2. The third-order valence-electron chi connectivity index (χ3n) is 5.92. The van der Waals surface area contributed by atoms with Crippen molar-refractivity contribution in [3.05, 3.63) is 93.3 Å². The minimum absolute atomic E-state index is 0.0888. The third kappa shape index (κ3) is 8.80. The van der Waals surface area contributed by atoms with Gasteiger partial charge < -0.3 is 20.5 Å². The molecule has 0 saturated carbocycles. The number of hydrogen-bond acceptors (Lipinski definition) is 7. The molecule has 3 aromatic rings. The number of rotatable bonds is 10. The van der Waals surface area contributed by atoms with Crippen molar-refractivity contribution in [3.8, 4) is 5.69 Å². The number of carbonyl (C=O) groups is 2. The standard InChI is InChI=1S/C31H37F2N3O5/c1-30(2,3)40-18-25(29(39)41-31(4,5)6)35-16-15-19-7-10-21(11-8-19)36-26(37)14-13-23(28(36)34)27(38)22-12-9-20(32)17-24(22)33/h7-14,17,25,35H,15-16,18,34H2,1-6H3/t25-/m0/s1. The summed E-state index contributed by atoms with van der Waals surface area (Å²) in [5.74, 6) is -3.18. The number of nitrogens with zero attached hydrogens (tertiary/aromatic N) is 1. The predicted molar refractivity (Wildman–Crippen MR) is 153 cm³/mol. The molecule has 41 heavy (non-hydrogen) atoms. The van der Waals surface area contributed by atoms with E-state index in [0.717, 1.165) is 22.3 Å². The van der Waals surface area contributed by atoms with Gasteiger partial charge in [-0.15, -0.1) is 0 Å². The molecule has 3 N–H and O–H groups in total. The second kappa shape index (κ2) is 12.7. The maximum atomic E-state index is 14.2. The normalized spacial score (nSPS) is 12.7. The number of carbonyl (C=O) groups excluding carboxylic acids is 2. The summed E-state index contributed by atoms with van der Waals surface area (Å²) < 4.78 is 40.0. The van der Waals surface area contributed by atoms with E-state index < -0.39 is 46.2 Å². The van der Waals surface area contributed by atoms with Gasteiger partial charge in [-0.1, -0.05) is 12.1 Å². The second-order valence-electron chi connectivity index (χ2n) is 11.6. The van der Waals surface area contributed by atoms with Crippen LogP contribution in [0.3, 0.4) is 0 Å². The first-order valence-electron chi connectivity index (χ1n) is 13.3. The van der Waals surface area contributed by atoms with Crippen molar-refractivity contribution in [2.75, 3.05) is 18.9 Å². The van der Waals surface area contributed by atoms with Crippen LogP contribution in [0.5, 0.6) is 0 Å². The molecule has 220 valence electrons. The second-order valence-corrected chi connectivity index (χ2v) is 11.6. The van der Waals surface area contributed by atoms with Gasteiger partial charge in [-0.25, -0.2) is 8.78 Å². The van der Waals surface area contributed by atoms with E-state index in [-0.39, 0.29) is 23.6 Å². The quantitative estimate of drug-likeness (QED) is 0.271. The van der Waals surface area contributed by atoms with Gasteiger partial charge in [0, 0.05) is 18.7 Å². The number of ether oxygens (including phenoxy) is 2. The Labute approximate surface area is 238 Å². The monoisotopic (exact) mass is 569 g/mol. The van der Waals surface area contributed by atoms with Crippen LogP contribution in [0.2, 0.25) is 0 Å². The van der Waals surface area contributed by atoms with Gasteiger partial charge in [-0.2, -0.15) is 0 Å². The van der Waals surface area contributed by atoms with Crippen LogP contribution in [0.4, 0.5) is 14.6 Å². The summed E-state index contributed by atoms with van der Waals surface area (Å²) in [5.41, 5.74) is 5.53. The van der Waals surface area contributed by atoms with Gasteiger partial charge in [-0.3, -0.25) is 19.0 Å². The maximum absolute atomic E-state index is 14.2. The average Bonchev–Trinajstić information content (AvgIpc) is 2.85. The molecule has 2 aromatic carbocycles. The molecule has 0 spiro atoms. The smallest absolute Gasteiger partial charge is 0.326 e. The summed E-state index contributed by atoms with van der Waals surface area (Å²) in [4.78, 5) is 38.3. The molecule has 0 saturated heterocycles. The molecule has 8 nitrogen and oxygen atoms in total. The van der Waals surface area contributed by atoms with E-state index in [2.05, 4.69) is 5.32 Å². The zero-order valence-corrected chi connectivity index (χ0v) is 24.2. The van der Waals surface area contributed by atoms with Crippen LogP contribution < -0.4 is 16.6 Å². The number of nitrogen functional groups attached to an aromatic ring is 1. The molecular formula is C31H37F2N3O5. The Morgan fingerprint density at radius 1 is 0.927 bits per heavy atom. The van der Waals surface area contributed by atoms with Crippen LogP contribution in [0.25, 0.3) is 5.69 Å². The van der Waals surface area contributed by atoms with Crippen LogP contribution >= 0.6 is 0 Å². The van der Waals surface area contributed by atoms with Crippen LogP contribution in [0.1, 0.15) is 63.0 Å². The van der Waals surface area contributed by atoms with Crippen molar-refractivity contribution in [1.29, 1.82) is 0 Å². The molecule has 0 aliphatic rings. The van der Waals surface area contributed by atoms with Gasteiger partial charge in [0.15, 0.2) is 5.78 Å². The lowest BCUT2D eigenvalue weighted by Crippen LogP contribution is -2.46. The number of anilines is 1. The number of pyridine rings is 1. The first-order chi connectivity index (χ1) is 19.1. The van der Waals surface area contributed by atoms with Gasteiger partial charge >= 0.3 is 5.97 Å². The summed E-state index contributed by atoms with van der Waals surface area (Å²) in [7, 11) is 0. The molecule has 0 aliphatic carbocycles. The highest BCUT2D eigenvalue weighted by Crippen LogP contribution is 2.21. The highest BCUT2D eigenvalue weighted by molar-refractivity contribution is 6.11. The van der Waals surface area contributed by atoms with E-state index in [1.807, 2.05) is 20.8 Å². The Balaban J connectivity index is 1.75. The van der Waals surface area contributed by atoms with Crippen LogP contribution in [-0.2, 0) is 20.7 Å². The summed E-state index contributed by atoms with van der Waals surface area (Å²) in [6.07, 6.45) is 0.557. The van der Waals surface area contributed by atoms with Gasteiger partial charge in [0.05, 0.1) is 29.0 Å². The van der Waals surface area contributed by atoms with E-state index in [1.165, 1.54) is 12.1 Å². The molecule has 1 aromatic heterocycles. The lowest BCUT2D eigenvalue weighted by Gasteiger charge is -2.27. The maximum Gasteiger partial charge on any atom is 0.326 e. The summed E-state index contributed by atoms with van der Waals surface area (Å²) >= 11 is 0. The first-order valence-corrected chi connectivity index (χ1v) is 13.3. The molecule has 3 rings (SSSR count). The summed E-state index contributed by atoms with van der Waals surface area (Å²) in [6.45, 7) is 11.7. The fourth-order valence-corrected chi connectivity index (χ4v) is 3.95. The van der Waals surface area contributed by atoms with E-state index >= 15 is 0 Å². The molecule has 0 unspecified atom stereocenters. The summed E-state index contributed by atoms with van der Waals surface area (Å²) in [5, 5.41) is 3.20. The largest absolute Gasteiger partial charge is 0.459 e. The first kappa shape index (κ1) is 31.6. The Morgan fingerprint density at radius 3 is 2.15 bits per heavy atom. The Hall–Kier alpha value is -3.89. The lowest BCUT2D eigenvalue weighted by atomic mass is 10.0. The van der Waals surface area contributed by atoms with Gasteiger partial charge in [0.25, 0.3) is 5.56 Å². The SMILES string of the molecule is CC(C)(C)OC[C@H](NCCc1ccc(-n2c(N)c(C(=O)c3ccc(F)cc3F)ccc2=O)cc1)C(=O)OC(C)(C)C. The van der Waals surface area contributed by atoms with E-state index in [4.69, 9.17) is 15.2 Å². The van der Waals surface area contributed by atoms with Crippen molar-refractivity contribution in [1.82, 2.24) is 9.88 Å². The van der Waals surface area contributed by atoms with Crippen LogP contribution in [0.15, 0.2) is 59.4 Å². The van der Waals surface area contributed by atoms with Gasteiger partial charge in [0.2, 0.25) is 0 Å². The van der Waals surface area contributed by atoms with Crippen molar-refractivity contribution >= 4 is 17.6 Å². The number of aromatic nitrogens is 1. The number of esters is 1. The number of halogens is 2. The fraction of sp³-hybridized carbons (Fsp3) is 0.387. The van der Waals surface area contributed by atoms with E-state index in [0.29, 0.717) is 24.7 Å². The number of nitrogens with one attached hydrogen (secondary N) is 1. The number of ketones is 1. The van der Waals surface area contributed by atoms with Crippen molar-refractivity contribution in [2.45, 2.75) is 65.2 Å². The minimum atomic E-state index is -1.02. The molecule has 0 bridgehead atoms. The summed E-state index contributed by atoms with van der Waals surface area (Å²) in [6, 6.07) is 11.3. The molecule has 0 radical (unpaired) electrons. The van der Waals surface area contributed by atoms with Crippen LogP contribution in [-0.4, -0.2) is 46.7 Å². The highest BCUT2D eigenvalue weighted by atomic mass is 19.1. The molecule has 0 fully saturated rings. The Kier molecular flexibility index (Phi) is 9.83. The number of nitrogens with two attached hydrogens (primary N) is 1. The lowest BCUT2D eigenvalue weighted by molar-refractivity contribution is -0.160. The highest BCUT2D eigenvalue weighted by Gasteiger charge is 2.27. The van der Waals surface area contributed by atoms with Crippen LogP contribution in [0, 0.1) is 11.6 Å². The molecule has 0 amide bonds. The van der Waals surface area contributed by atoms with Crippen molar-refractivity contribution in [2.24, 2.45) is 0 Å². The minimum Gasteiger partial charge on any atom is -0.459 e. The Bertz CT molecular complexity index is 1450. The molecule has 0 aliphatic heterocycles. The number of benzene rings is 2. The third-order valence-corrected chi connectivity index (χ3v) is 5.92. The molecule has 1 heterocycles. The molecule has 10 heteroatoms. The van der Waals surface area contributed by atoms with E-state index in [1.54, 1.807) is 45.0 Å². The van der Waals surface area contributed by atoms with Gasteiger partial charge in [0.1, 0.15) is 29.1 Å². The van der Waals surface area contributed by atoms with Gasteiger partial charge in [-0.05, 0) is 83.9 Å².